The molecule has 1 aromatic rings. The number of rotatable bonds is 1. The average molecular weight is 222 g/mol. The highest BCUT2D eigenvalue weighted by Crippen LogP contribution is 2.15. The van der Waals surface area contributed by atoms with Crippen LogP contribution in [0.1, 0.15) is 0 Å². The molecule has 0 spiro atoms. The van der Waals surface area contributed by atoms with E-state index in [1.807, 2.05) is 0 Å². The summed E-state index contributed by atoms with van der Waals surface area (Å²) in [5.74, 6) is 0. The summed E-state index contributed by atoms with van der Waals surface area (Å²) in [4.78, 5) is 11.0. The van der Waals surface area contributed by atoms with Crippen LogP contribution in [0, 0.1) is 0 Å². The van der Waals surface area contributed by atoms with Crippen molar-refractivity contribution in [1.82, 2.24) is 4.57 Å². The van der Waals surface area contributed by atoms with E-state index in [0.717, 1.165) is 6.26 Å². The number of pyridine rings is 1. The molecule has 6 heteroatoms. The Balaban J connectivity index is 3.73. The minimum absolute atomic E-state index is 0.0365. The van der Waals surface area contributed by atoms with Gasteiger partial charge in [-0.05, 0) is 6.07 Å². The van der Waals surface area contributed by atoms with Crippen molar-refractivity contribution in [3.63, 3.8) is 0 Å². The van der Waals surface area contributed by atoms with Gasteiger partial charge in [-0.15, -0.1) is 0 Å². The van der Waals surface area contributed by atoms with Crippen molar-refractivity contribution in [3.8, 4) is 0 Å². The molecule has 0 aliphatic rings. The lowest BCUT2D eigenvalue weighted by atomic mass is 10.5. The number of aromatic nitrogens is 1. The zero-order valence-corrected chi connectivity index (χ0v) is 8.69. The van der Waals surface area contributed by atoms with Crippen molar-refractivity contribution in [2.24, 2.45) is 7.05 Å². The summed E-state index contributed by atoms with van der Waals surface area (Å²) in [5.41, 5.74) is -0.602. The lowest BCUT2D eigenvalue weighted by molar-refractivity contribution is 0.599. The van der Waals surface area contributed by atoms with Gasteiger partial charge in [0.05, 0.1) is 5.02 Å². The second-order valence-electron chi connectivity index (χ2n) is 2.68. The molecule has 0 saturated carbocycles. The molecule has 0 N–H and O–H groups in total. The van der Waals surface area contributed by atoms with Crippen molar-refractivity contribution in [3.05, 3.63) is 27.6 Å². The molecule has 1 rings (SSSR count). The summed E-state index contributed by atoms with van der Waals surface area (Å²) in [6.45, 7) is 0. The molecular formula is C7H8ClNO3S. The summed E-state index contributed by atoms with van der Waals surface area (Å²) < 4.78 is 23.4. The SMILES string of the molecule is Cn1ccc(Cl)c(S(C)(=O)=O)c1=O. The van der Waals surface area contributed by atoms with E-state index in [-0.39, 0.29) is 9.92 Å². The molecular weight excluding hydrogens is 214 g/mol. The van der Waals surface area contributed by atoms with Gasteiger partial charge < -0.3 is 4.57 Å². The van der Waals surface area contributed by atoms with Crippen molar-refractivity contribution < 1.29 is 8.42 Å². The van der Waals surface area contributed by atoms with Crippen molar-refractivity contribution in [1.29, 1.82) is 0 Å². The first-order valence-corrected chi connectivity index (χ1v) is 5.66. The molecule has 0 aromatic carbocycles. The lowest BCUT2D eigenvalue weighted by Crippen LogP contribution is -2.23. The van der Waals surface area contributed by atoms with Gasteiger partial charge in [-0.1, -0.05) is 11.6 Å². The predicted octanol–water partition coefficient (Wildman–Crippen LogP) is 0.442. The zero-order chi connectivity index (χ0) is 10.2. The molecule has 0 radical (unpaired) electrons. The maximum atomic E-state index is 11.3. The third-order valence-electron chi connectivity index (χ3n) is 1.55. The normalized spacial score (nSPS) is 11.6. The van der Waals surface area contributed by atoms with Gasteiger partial charge in [0.25, 0.3) is 5.56 Å². The molecule has 0 atom stereocenters. The maximum absolute atomic E-state index is 11.3. The van der Waals surface area contributed by atoms with Crippen LogP contribution in [-0.4, -0.2) is 19.2 Å². The van der Waals surface area contributed by atoms with Gasteiger partial charge in [0.2, 0.25) is 0 Å². The van der Waals surface area contributed by atoms with Gasteiger partial charge in [-0.25, -0.2) is 8.42 Å². The van der Waals surface area contributed by atoms with Crippen LogP contribution in [0.4, 0.5) is 0 Å². The molecule has 0 fully saturated rings. The molecule has 0 aliphatic carbocycles. The van der Waals surface area contributed by atoms with Crippen LogP contribution >= 0.6 is 11.6 Å². The average Bonchev–Trinajstić information content (AvgIpc) is 1.95. The Morgan fingerprint density at radius 1 is 1.46 bits per heavy atom. The quantitative estimate of drug-likeness (QED) is 0.692. The molecule has 4 nitrogen and oxygen atoms in total. The number of halogens is 1. The Bertz CT molecular complexity index is 489. The summed E-state index contributed by atoms with van der Waals surface area (Å²) in [7, 11) is -2.09. The molecule has 0 saturated heterocycles. The highest BCUT2D eigenvalue weighted by atomic mass is 35.5. The molecule has 0 unspecified atom stereocenters. The van der Waals surface area contributed by atoms with Crippen molar-refractivity contribution in [2.45, 2.75) is 4.90 Å². The standard InChI is InChI=1S/C7H8ClNO3S/c1-9-4-3-5(8)6(7(9)10)13(2,11)12/h3-4H,1-2H3. The number of hydrogen-bond donors (Lipinski definition) is 0. The molecule has 72 valence electrons. The maximum Gasteiger partial charge on any atom is 0.270 e. The van der Waals surface area contributed by atoms with Gasteiger partial charge in [0, 0.05) is 19.5 Å². The number of sulfone groups is 1. The fourth-order valence-corrected chi connectivity index (χ4v) is 2.36. The van der Waals surface area contributed by atoms with Crippen LogP contribution in [0.15, 0.2) is 22.0 Å². The number of aryl methyl sites for hydroxylation is 1. The Kier molecular flexibility index (Phi) is 2.49. The van der Waals surface area contributed by atoms with E-state index < -0.39 is 15.4 Å². The van der Waals surface area contributed by atoms with Crippen LogP contribution in [0.25, 0.3) is 0 Å². The number of hydrogen-bond acceptors (Lipinski definition) is 3. The first-order valence-electron chi connectivity index (χ1n) is 3.39. The van der Waals surface area contributed by atoms with Gasteiger partial charge >= 0.3 is 0 Å². The van der Waals surface area contributed by atoms with E-state index in [2.05, 4.69) is 0 Å². The third-order valence-corrected chi connectivity index (χ3v) is 3.11. The van der Waals surface area contributed by atoms with E-state index in [4.69, 9.17) is 11.6 Å². The largest absolute Gasteiger partial charge is 0.317 e. The molecule has 13 heavy (non-hydrogen) atoms. The van der Waals surface area contributed by atoms with E-state index in [1.54, 1.807) is 0 Å². The summed E-state index contributed by atoms with van der Waals surface area (Å²) in [6, 6.07) is 1.37. The fraction of sp³-hybridized carbons (Fsp3) is 0.286. The molecule has 1 heterocycles. The second-order valence-corrected chi connectivity index (χ2v) is 5.04. The van der Waals surface area contributed by atoms with Crippen molar-refractivity contribution >= 4 is 21.4 Å². The molecule has 1 aromatic heterocycles. The first-order chi connectivity index (χ1) is 5.84. The topological polar surface area (TPSA) is 56.1 Å². The predicted molar refractivity (Wildman–Crippen MR) is 49.8 cm³/mol. The highest BCUT2D eigenvalue weighted by molar-refractivity contribution is 7.90. The monoisotopic (exact) mass is 221 g/mol. The minimum Gasteiger partial charge on any atom is -0.317 e. The van der Waals surface area contributed by atoms with Gasteiger partial charge in [0.15, 0.2) is 14.7 Å². The summed E-state index contributed by atoms with van der Waals surface area (Å²) >= 11 is 5.59. The summed E-state index contributed by atoms with van der Waals surface area (Å²) in [5, 5.41) is -0.0365. The zero-order valence-electron chi connectivity index (χ0n) is 7.11. The van der Waals surface area contributed by atoms with Crippen molar-refractivity contribution in [2.75, 3.05) is 6.26 Å². The minimum atomic E-state index is -3.55. The molecule has 0 aliphatic heterocycles. The fourth-order valence-electron chi connectivity index (χ4n) is 0.919. The van der Waals surface area contributed by atoms with Gasteiger partial charge in [0.1, 0.15) is 0 Å². The highest BCUT2D eigenvalue weighted by Gasteiger charge is 2.17. The Hall–Kier alpha value is -0.810. The third kappa shape index (κ3) is 1.92. The number of nitrogens with zero attached hydrogens (tertiary/aromatic N) is 1. The first kappa shape index (κ1) is 10.3. The van der Waals surface area contributed by atoms with Gasteiger partial charge in [-0.3, -0.25) is 4.79 Å². The van der Waals surface area contributed by atoms with E-state index in [9.17, 15) is 13.2 Å². The van der Waals surface area contributed by atoms with Crippen LogP contribution in [-0.2, 0) is 16.9 Å². The smallest absolute Gasteiger partial charge is 0.270 e. The molecule has 0 bridgehead atoms. The lowest BCUT2D eigenvalue weighted by Gasteiger charge is -2.02. The Labute approximate surface area is 80.7 Å². The van der Waals surface area contributed by atoms with Crippen LogP contribution in [0.3, 0.4) is 0 Å². The van der Waals surface area contributed by atoms with Gasteiger partial charge in [-0.2, -0.15) is 0 Å². The van der Waals surface area contributed by atoms with Crippen LogP contribution in [0.5, 0.6) is 0 Å². The molecule has 0 amide bonds. The van der Waals surface area contributed by atoms with E-state index in [1.165, 1.54) is 23.9 Å². The summed E-state index contributed by atoms with van der Waals surface area (Å²) in [6.07, 6.45) is 2.37. The Morgan fingerprint density at radius 2 is 2.00 bits per heavy atom. The van der Waals surface area contributed by atoms with E-state index in [0.29, 0.717) is 0 Å². The van der Waals surface area contributed by atoms with Crippen LogP contribution < -0.4 is 5.56 Å². The van der Waals surface area contributed by atoms with Crippen LogP contribution in [0.2, 0.25) is 5.02 Å². The second kappa shape index (κ2) is 3.16. The van der Waals surface area contributed by atoms with E-state index >= 15 is 0 Å². The Morgan fingerprint density at radius 3 is 2.38 bits per heavy atom.